The molecule has 0 atom stereocenters. The first-order chi connectivity index (χ1) is 16.5. The lowest BCUT2D eigenvalue weighted by Gasteiger charge is -2.06. The maximum atomic E-state index is 12.7. The second kappa shape index (κ2) is 10.4. The molecule has 4 rings (SSSR count). The summed E-state index contributed by atoms with van der Waals surface area (Å²) in [6.07, 6.45) is 7.05. The van der Waals surface area contributed by atoms with E-state index in [-0.39, 0.29) is 11.3 Å². The highest BCUT2D eigenvalue weighted by Gasteiger charge is 2.10. The molecule has 6 nitrogen and oxygen atoms in total. The number of rotatable bonds is 7. The van der Waals surface area contributed by atoms with E-state index >= 15 is 0 Å². The Morgan fingerprint density at radius 1 is 0.853 bits per heavy atom. The summed E-state index contributed by atoms with van der Waals surface area (Å²) in [4.78, 5) is 28.0. The number of carbonyl (C=O) groups excluding carboxylic acids is 1. The first-order valence-electron chi connectivity index (χ1n) is 10.2. The van der Waals surface area contributed by atoms with E-state index in [1.807, 2.05) is 23.6 Å². The van der Waals surface area contributed by atoms with Gasteiger partial charge < -0.3 is 14.9 Å². The number of phenolic OH excluding ortho intramolecular Hbond substituents is 1. The quantitative estimate of drug-likeness (QED) is 0.193. The van der Waals surface area contributed by atoms with Gasteiger partial charge >= 0.3 is 11.9 Å². The number of benzene rings is 3. The van der Waals surface area contributed by atoms with Crippen LogP contribution in [0.5, 0.6) is 11.5 Å². The van der Waals surface area contributed by atoms with Gasteiger partial charge in [0.15, 0.2) is 0 Å². The zero-order valence-corrected chi connectivity index (χ0v) is 18.6. The van der Waals surface area contributed by atoms with Crippen LogP contribution in [0.15, 0.2) is 77.6 Å². The van der Waals surface area contributed by atoms with E-state index in [9.17, 15) is 14.7 Å². The fourth-order valence-corrected chi connectivity index (χ4v) is 3.63. The molecule has 0 fully saturated rings. The molecule has 7 heteroatoms. The van der Waals surface area contributed by atoms with Gasteiger partial charge in [-0.25, -0.2) is 14.6 Å². The standard InChI is InChI=1S/C27H19NO5S/c29-25-12-10-21(26(30)31)15-20(25)9-7-19-4-2-6-24(14-19)33-27(32)22-5-1-3-18(13-22)8-11-23-16-34-17-28-23/h1-17,29H,(H,30,31)/b9-7+,11-8+. The number of aromatic hydroxyl groups is 1. The van der Waals surface area contributed by atoms with Crippen LogP contribution < -0.4 is 4.74 Å². The van der Waals surface area contributed by atoms with E-state index < -0.39 is 11.9 Å². The van der Waals surface area contributed by atoms with Crippen LogP contribution in [0.2, 0.25) is 0 Å². The third-order valence-corrected chi connectivity index (χ3v) is 5.42. The number of aromatic nitrogens is 1. The Morgan fingerprint density at radius 3 is 2.38 bits per heavy atom. The summed E-state index contributed by atoms with van der Waals surface area (Å²) in [5.74, 6) is -1.24. The number of aromatic carboxylic acids is 1. The minimum atomic E-state index is -1.08. The average molecular weight is 470 g/mol. The largest absolute Gasteiger partial charge is 0.507 e. The van der Waals surface area contributed by atoms with E-state index in [0.29, 0.717) is 22.4 Å². The summed E-state index contributed by atoms with van der Waals surface area (Å²) >= 11 is 1.51. The third-order valence-electron chi connectivity index (χ3n) is 4.82. The number of esters is 1. The Hall–Kier alpha value is -4.49. The minimum absolute atomic E-state index is 0.0347. The average Bonchev–Trinajstić information content (AvgIpc) is 3.36. The van der Waals surface area contributed by atoms with Crippen molar-refractivity contribution >= 4 is 47.6 Å². The summed E-state index contributed by atoms with van der Waals surface area (Å²) in [6.45, 7) is 0. The van der Waals surface area contributed by atoms with Crippen LogP contribution in [-0.2, 0) is 0 Å². The molecule has 0 spiro atoms. The Bertz CT molecular complexity index is 1390. The number of carboxylic acids is 1. The second-order valence-electron chi connectivity index (χ2n) is 7.25. The van der Waals surface area contributed by atoms with Crippen molar-refractivity contribution in [3.63, 3.8) is 0 Å². The first-order valence-corrected chi connectivity index (χ1v) is 11.2. The molecule has 0 unspecified atom stereocenters. The van der Waals surface area contributed by atoms with Crippen molar-refractivity contribution in [1.29, 1.82) is 0 Å². The van der Waals surface area contributed by atoms with Crippen LogP contribution in [0.25, 0.3) is 24.3 Å². The van der Waals surface area contributed by atoms with Gasteiger partial charge in [0.25, 0.3) is 0 Å². The van der Waals surface area contributed by atoms with E-state index in [2.05, 4.69) is 4.98 Å². The molecule has 0 aliphatic carbocycles. The number of carboxylic acid groups (broad SMARTS) is 1. The summed E-state index contributed by atoms with van der Waals surface area (Å²) in [5.41, 5.74) is 5.02. The van der Waals surface area contributed by atoms with Gasteiger partial charge in [0, 0.05) is 10.9 Å². The number of carbonyl (C=O) groups is 2. The lowest BCUT2D eigenvalue weighted by atomic mass is 10.1. The fourth-order valence-electron chi connectivity index (χ4n) is 3.11. The Kier molecular flexibility index (Phi) is 6.95. The zero-order chi connectivity index (χ0) is 23.9. The highest BCUT2D eigenvalue weighted by atomic mass is 32.1. The smallest absolute Gasteiger partial charge is 0.343 e. The minimum Gasteiger partial charge on any atom is -0.507 e. The predicted octanol–water partition coefficient (Wildman–Crippen LogP) is 6.11. The number of ether oxygens (including phenoxy) is 1. The van der Waals surface area contributed by atoms with E-state index in [4.69, 9.17) is 9.84 Å². The molecule has 3 aromatic carbocycles. The number of phenols is 1. The SMILES string of the molecule is O=C(O)c1ccc(O)c(/C=C/c2cccc(OC(=O)c3cccc(/C=C/c4cscn4)c3)c2)c1. The lowest BCUT2D eigenvalue weighted by molar-refractivity contribution is 0.0694. The van der Waals surface area contributed by atoms with E-state index in [0.717, 1.165) is 11.3 Å². The normalized spacial score (nSPS) is 11.2. The molecule has 0 bridgehead atoms. The maximum Gasteiger partial charge on any atom is 0.343 e. The van der Waals surface area contributed by atoms with E-state index in [1.54, 1.807) is 60.1 Å². The molecule has 34 heavy (non-hydrogen) atoms. The number of hydrogen-bond acceptors (Lipinski definition) is 6. The Morgan fingerprint density at radius 2 is 1.62 bits per heavy atom. The second-order valence-corrected chi connectivity index (χ2v) is 7.96. The van der Waals surface area contributed by atoms with Gasteiger partial charge in [-0.15, -0.1) is 11.3 Å². The molecule has 1 aromatic heterocycles. The van der Waals surface area contributed by atoms with Crippen molar-refractivity contribution < 1.29 is 24.5 Å². The number of hydrogen-bond donors (Lipinski definition) is 2. The van der Waals surface area contributed by atoms with Crippen LogP contribution in [-0.4, -0.2) is 27.1 Å². The summed E-state index contributed by atoms with van der Waals surface area (Å²) in [6, 6.07) is 18.0. The molecule has 0 aliphatic heterocycles. The molecule has 0 radical (unpaired) electrons. The van der Waals surface area contributed by atoms with Crippen LogP contribution in [0.3, 0.4) is 0 Å². The van der Waals surface area contributed by atoms with Crippen LogP contribution in [0, 0.1) is 0 Å². The summed E-state index contributed by atoms with van der Waals surface area (Å²) in [5, 5.41) is 21.0. The van der Waals surface area contributed by atoms with Crippen molar-refractivity contribution in [3.8, 4) is 11.5 Å². The summed E-state index contributed by atoms with van der Waals surface area (Å²) in [7, 11) is 0. The maximum absolute atomic E-state index is 12.7. The highest BCUT2D eigenvalue weighted by Crippen LogP contribution is 2.23. The predicted molar refractivity (Wildman–Crippen MR) is 133 cm³/mol. The summed E-state index contributed by atoms with van der Waals surface area (Å²) < 4.78 is 5.54. The molecule has 168 valence electrons. The molecular formula is C27H19NO5S. The van der Waals surface area contributed by atoms with Gasteiger partial charge in [-0.2, -0.15) is 0 Å². The molecule has 0 aliphatic rings. The van der Waals surface area contributed by atoms with Crippen LogP contribution >= 0.6 is 11.3 Å². The van der Waals surface area contributed by atoms with Crippen molar-refractivity contribution in [1.82, 2.24) is 4.98 Å². The molecule has 0 saturated carbocycles. The molecular weight excluding hydrogens is 450 g/mol. The first kappa shape index (κ1) is 22.7. The Labute approximate surface area is 199 Å². The number of thiazole rings is 1. The fraction of sp³-hybridized carbons (Fsp3) is 0. The molecule has 1 heterocycles. The monoisotopic (exact) mass is 469 g/mol. The van der Waals surface area contributed by atoms with E-state index in [1.165, 1.54) is 29.5 Å². The topological polar surface area (TPSA) is 96.7 Å². The number of nitrogens with zero attached hydrogens (tertiary/aromatic N) is 1. The Balaban J connectivity index is 1.47. The van der Waals surface area contributed by atoms with Gasteiger partial charge in [0.1, 0.15) is 11.5 Å². The van der Waals surface area contributed by atoms with Gasteiger partial charge in [-0.3, -0.25) is 0 Å². The van der Waals surface area contributed by atoms with Gasteiger partial charge in [-0.1, -0.05) is 42.5 Å². The van der Waals surface area contributed by atoms with Crippen LogP contribution in [0.1, 0.15) is 43.1 Å². The lowest BCUT2D eigenvalue weighted by Crippen LogP contribution is -2.08. The zero-order valence-electron chi connectivity index (χ0n) is 17.8. The van der Waals surface area contributed by atoms with Crippen LogP contribution in [0.4, 0.5) is 0 Å². The van der Waals surface area contributed by atoms with Crippen molar-refractivity contribution in [2.45, 2.75) is 0 Å². The van der Waals surface area contributed by atoms with Gasteiger partial charge in [0.05, 0.1) is 22.3 Å². The molecule has 2 N–H and O–H groups in total. The highest BCUT2D eigenvalue weighted by molar-refractivity contribution is 7.07. The molecule has 0 amide bonds. The van der Waals surface area contributed by atoms with Gasteiger partial charge in [-0.05, 0) is 59.7 Å². The van der Waals surface area contributed by atoms with Gasteiger partial charge in [0.2, 0.25) is 0 Å². The third kappa shape index (κ3) is 5.85. The van der Waals surface area contributed by atoms with Crippen molar-refractivity contribution in [2.24, 2.45) is 0 Å². The molecule has 4 aromatic rings. The molecule has 0 saturated heterocycles. The van der Waals surface area contributed by atoms with Crippen molar-refractivity contribution in [2.75, 3.05) is 0 Å². The van der Waals surface area contributed by atoms with Crippen molar-refractivity contribution in [3.05, 3.63) is 111 Å².